The Hall–Kier alpha value is -1.88. The predicted molar refractivity (Wildman–Crippen MR) is 112 cm³/mol. The number of hydrogen-bond acceptors (Lipinski definition) is 5. The molecule has 1 N–H and O–H groups in total. The first-order valence-corrected chi connectivity index (χ1v) is 10.7. The Morgan fingerprint density at radius 3 is 2.59 bits per heavy atom. The summed E-state index contributed by atoms with van der Waals surface area (Å²) in [6, 6.07) is 2.03. The van der Waals surface area contributed by atoms with Crippen LogP contribution in [-0.4, -0.2) is 30.1 Å². The molecule has 3 aliphatic rings. The van der Waals surface area contributed by atoms with E-state index in [1.54, 1.807) is 25.1 Å². The second kappa shape index (κ2) is 7.63. The van der Waals surface area contributed by atoms with Gasteiger partial charge in [-0.15, -0.1) is 0 Å². The van der Waals surface area contributed by atoms with Crippen molar-refractivity contribution in [2.45, 2.75) is 50.3 Å². The van der Waals surface area contributed by atoms with E-state index in [-0.39, 0.29) is 0 Å². The van der Waals surface area contributed by atoms with E-state index in [0.29, 0.717) is 11.3 Å². The standard InChI is InChI=1S/C22H29N3OS/c1-16-18(8-13-23-21(16)26-3)27-19-6-7-20(24-17(19)2)25-14-11-22(12-15-25)9-4-5-10-22/h6-8,13,24H,2,4-5,9-12,14-15H2,1,3H3. The van der Waals surface area contributed by atoms with Crippen molar-refractivity contribution in [1.82, 2.24) is 15.2 Å². The fraction of sp³-hybridized carbons (Fsp3) is 0.500. The number of pyridine rings is 1. The Bertz CT molecular complexity index is 783. The molecule has 1 aromatic rings. The first kappa shape index (κ1) is 18.5. The highest BCUT2D eigenvalue weighted by molar-refractivity contribution is 8.03. The van der Waals surface area contributed by atoms with Gasteiger partial charge in [-0.3, -0.25) is 0 Å². The number of methoxy groups -OCH3 is 1. The largest absolute Gasteiger partial charge is 0.481 e. The number of nitrogens with zero attached hydrogens (tertiary/aromatic N) is 2. The van der Waals surface area contributed by atoms with Gasteiger partial charge in [0.1, 0.15) is 5.82 Å². The summed E-state index contributed by atoms with van der Waals surface area (Å²) < 4.78 is 5.34. The number of aromatic nitrogens is 1. The van der Waals surface area contributed by atoms with Gasteiger partial charge in [0.25, 0.3) is 0 Å². The molecule has 4 nitrogen and oxygen atoms in total. The van der Waals surface area contributed by atoms with Crippen molar-refractivity contribution in [3.05, 3.63) is 53.0 Å². The van der Waals surface area contributed by atoms with E-state index in [9.17, 15) is 0 Å². The van der Waals surface area contributed by atoms with Gasteiger partial charge in [-0.1, -0.05) is 31.2 Å². The summed E-state index contributed by atoms with van der Waals surface area (Å²) in [5.74, 6) is 1.88. The van der Waals surface area contributed by atoms with E-state index < -0.39 is 0 Å². The number of thioether (sulfide) groups is 1. The Labute approximate surface area is 166 Å². The SMILES string of the molecule is C=C1NC(N2CCC3(CCCC3)CC2)=CC=C1Sc1ccnc(OC)c1C. The van der Waals surface area contributed by atoms with Crippen LogP contribution in [-0.2, 0) is 0 Å². The smallest absolute Gasteiger partial charge is 0.217 e. The minimum atomic E-state index is 0.650. The van der Waals surface area contributed by atoms with Crippen LogP contribution >= 0.6 is 11.8 Å². The van der Waals surface area contributed by atoms with Crippen LogP contribution in [0.25, 0.3) is 0 Å². The first-order valence-electron chi connectivity index (χ1n) is 9.91. The molecule has 0 amide bonds. The number of hydrogen-bond donors (Lipinski definition) is 1. The summed E-state index contributed by atoms with van der Waals surface area (Å²) in [4.78, 5) is 9.04. The van der Waals surface area contributed by atoms with Gasteiger partial charge >= 0.3 is 0 Å². The third-order valence-electron chi connectivity index (χ3n) is 6.32. The minimum absolute atomic E-state index is 0.650. The Morgan fingerprint density at radius 1 is 1.19 bits per heavy atom. The van der Waals surface area contributed by atoms with Crippen molar-refractivity contribution in [2.75, 3.05) is 20.2 Å². The first-order chi connectivity index (χ1) is 13.1. The molecule has 1 aromatic heterocycles. The van der Waals surface area contributed by atoms with Gasteiger partial charge in [-0.05, 0) is 56.2 Å². The van der Waals surface area contributed by atoms with Crippen LogP contribution in [0.5, 0.6) is 5.88 Å². The second-order valence-electron chi connectivity index (χ2n) is 7.93. The Balaban J connectivity index is 1.44. The van der Waals surface area contributed by atoms with Crippen LogP contribution in [0.15, 0.2) is 52.3 Å². The van der Waals surface area contributed by atoms with E-state index in [1.807, 2.05) is 13.0 Å². The zero-order valence-corrected chi connectivity index (χ0v) is 17.2. The summed E-state index contributed by atoms with van der Waals surface area (Å²) in [7, 11) is 1.66. The van der Waals surface area contributed by atoms with E-state index in [4.69, 9.17) is 4.74 Å². The number of likely N-dealkylation sites (tertiary alicyclic amines) is 1. The van der Waals surface area contributed by atoms with Crippen molar-refractivity contribution >= 4 is 11.8 Å². The molecule has 2 aliphatic heterocycles. The number of dihydropyridines is 1. The third kappa shape index (κ3) is 3.75. The maximum Gasteiger partial charge on any atom is 0.217 e. The molecule has 27 heavy (non-hydrogen) atoms. The van der Waals surface area contributed by atoms with Gasteiger partial charge < -0.3 is 15.0 Å². The molecular weight excluding hydrogens is 354 g/mol. The van der Waals surface area contributed by atoms with E-state index in [0.717, 1.165) is 34.2 Å². The molecule has 1 spiro atoms. The Morgan fingerprint density at radius 2 is 1.93 bits per heavy atom. The maximum atomic E-state index is 5.34. The van der Waals surface area contributed by atoms with Crippen LogP contribution in [0.4, 0.5) is 0 Å². The monoisotopic (exact) mass is 383 g/mol. The normalized spacial score (nSPS) is 21.7. The van der Waals surface area contributed by atoms with Gasteiger partial charge in [0, 0.05) is 40.3 Å². The third-order valence-corrected chi connectivity index (χ3v) is 7.58. The highest BCUT2D eigenvalue weighted by atomic mass is 32.2. The van der Waals surface area contributed by atoms with E-state index in [2.05, 4.69) is 33.9 Å². The predicted octanol–water partition coefficient (Wildman–Crippen LogP) is 4.99. The van der Waals surface area contributed by atoms with Crippen LogP contribution in [0.1, 0.15) is 44.1 Å². The van der Waals surface area contributed by atoms with Crippen LogP contribution in [0.2, 0.25) is 0 Å². The quantitative estimate of drug-likeness (QED) is 0.793. The highest BCUT2D eigenvalue weighted by Gasteiger charge is 2.37. The molecule has 4 rings (SSSR count). The van der Waals surface area contributed by atoms with Gasteiger partial charge in [0.05, 0.1) is 7.11 Å². The molecule has 2 fully saturated rings. The van der Waals surface area contributed by atoms with Crippen LogP contribution in [0.3, 0.4) is 0 Å². The molecule has 0 bridgehead atoms. The van der Waals surface area contributed by atoms with Crippen molar-refractivity contribution in [1.29, 1.82) is 0 Å². The van der Waals surface area contributed by atoms with E-state index in [1.165, 1.54) is 44.3 Å². The molecule has 0 atom stereocenters. The molecule has 1 saturated heterocycles. The van der Waals surface area contributed by atoms with Crippen LogP contribution in [0, 0.1) is 12.3 Å². The average Bonchev–Trinajstić information content (AvgIpc) is 3.13. The fourth-order valence-electron chi connectivity index (χ4n) is 4.57. The summed E-state index contributed by atoms with van der Waals surface area (Å²) >= 11 is 1.71. The zero-order valence-electron chi connectivity index (χ0n) is 16.4. The van der Waals surface area contributed by atoms with Crippen molar-refractivity contribution in [3.63, 3.8) is 0 Å². The van der Waals surface area contributed by atoms with Crippen molar-refractivity contribution in [3.8, 4) is 5.88 Å². The minimum Gasteiger partial charge on any atom is -0.481 e. The Kier molecular flexibility index (Phi) is 5.22. The molecule has 0 aromatic carbocycles. The molecular formula is C22H29N3OS. The van der Waals surface area contributed by atoms with Gasteiger partial charge in [0.2, 0.25) is 5.88 Å². The molecule has 1 aliphatic carbocycles. The lowest BCUT2D eigenvalue weighted by atomic mass is 9.77. The van der Waals surface area contributed by atoms with Crippen molar-refractivity contribution in [2.24, 2.45) is 5.41 Å². The number of allylic oxidation sites excluding steroid dienone is 2. The lowest BCUT2D eigenvalue weighted by Crippen LogP contribution is -2.42. The number of ether oxygens (including phenoxy) is 1. The van der Waals surface area contributed by atoms with Gasteiger partial charge in [-0.25, -0.2) is 4.98 Å². The number of rotatable bonds is 4. The van der Waals surface area contributed by atoms with E-state index >= 15 is 0 Å². The summed E-state index contributed by atoms with van der Waals surface area (Å²) in [6.45, 7) is 8.62. The summed E-state index contributed by atoms with van der Waals surface area (Å²) in [6.07, 6.45) is 14.6. The van der Waals surface area contributed by atoms with Gasteiger partial charge in [0.15, 0.2) is 0 Å². The fourth-order valence-corrected chi connectivity index (χ4v) is 5.49. The number of piperidine rings is 1. The van der Waals surface area contributed by atoms with Gasteiger partial charge in [-0.2, -0.15) is 0 Å². The zero-order chi connectivity index (χ0) is 18.9. The number of nitrogens with one attached hydrogen (secondary N) is 1. The molecule has 1 saturated carbocycles. The molecule has 3 heterocycles. The molecule has 5 heteroatoms. The second-order valence-corrected chi connectivity index (χ2v) is 9.01. The lowest BCUT2D eigenvalue weighted by molar-refractivity contribution is 0.128. The summed E-state index contributed by atoms with van der Waals surface area (Å²) in [5.41, 5.74) is 2.68. The molecule has 0 unspecified atom stereocenters. The van der Waals surface area contributed by atoms with Crippen molar-refractivity contribution < 1.29 is 4.74 Å². The molecule has 144 valence electrons. The lowest BCUT2D eigenvalue weighted by Gasteiger charge is -2.42. The maximum absolute atomic E-state index is 5.34. The topological polar surface area (TPSA) is 37.4 Å². The average molecular weight is 384 g/mol. The van der Waals surface area contributed by atoms with Crippen LogP contribution < -0.4 is 10.1 Å². The summed E-state index contributed by atoms with van der Waals surface area (Å²) in [5, 5.41) is 3.54. The molecule has 0 radical (unpaired) electrons. The highest BCUT2D eigenvalue weighted by Crippen LogP contribution is 2.46.